The zero-order valence-electron chi connectivity index (χ0n) is 6.77. The lowest BCUT2D eigenvalue weighted by atomic mass is 10.1. The Labute approximate surface area is 71.8 Å². The van der Waals surface area contributed by atoms with Gasteiger partial charge in [0, 0.05) is 0 Å². The summed E-state index contributed by atoms with van der Waals surface area (Å²) in [7, 11) is 0. The van der Waals surface area contributed by atoms with Crippen LogP contribution in [-0.4, -0.2) is 16.8 Å². The van der Waals surface area contributed by atoms with E-state index in [9.17, 15) is 0 Å². The van der Waals surface area contributed by atoms with Crippen LogP contribution in [0.15, 0.2) is 30.3 Å². The molecule has 2 heteroatoms. The first kappa shape index (κ1) is 8.97. The van der Waals surface area contributed by atoms with Gasteiger partial charge in [-0.1, -0.05) is 30.4 Å². The molecule has 1 aromatic carbocycles. The molecule has 1 rings (SSSR count). The van der Waals surface area contributed by atoms with Crippen molar-refractivity contribution in [2.24, 2.45) is 0 Å². The summed E-state index contributed by atoms with van der Waals surface area (Å²) in [5.74, 6) is 0. The minimum atomic E-state index is 0.0450. The smallest absolute Gasteiger partial charge is 0.0682 e. The fourth-order valence-corrected chi connectivity index (χ4v) is 0.984. The molecule has 0 aliphatic rings. The molecule has 12 heavy (non-hydrogen) atoms. The van der Waals surface area contributed by atoms with Crippen LogP contribution in [0.4, 0.5) is 0 Å². The normalized spacial score (nSPS) is 10.8. The molecule has 0 amide bonds. The zero-order chi connectivity index (χ0) is 8.81. The fourth-order valence-electron chi connectivity index (χ4n) is 0.984. The maximum atomic E-state index is 8.81. The quantitative estimate of drug-likeness (QED) is 0.704. The van der Waals surface area contributed by atoms with E-state index < -0.39 is 0 Å². The predicted octanol–water partition coefficient (Wildman–Crippen LogP) is 1.18. The first-order chi connectivity index (χ1) is 5.86. The topological polar surface area (TPSA) is 40.5 Å². The van der Waals surface area contributed by atoms with E-state index in [-0.39, 0.29) is 13.2 Å². The number of hydrogen-bond donors (Lipinski definition) is 2. The van der Waals surface area contributed by atoms with Crippen molar-refractivity contribution in [3.8, 4) is 0 Å². The van der Waals surface area contributed by atoms with Gasteiger partial charge < -0.3 is 10.2 Å². The average Bonchev–Trinajstić information content (AvgIpc) is 2.15. The second-order valence-corrected chi connectivity index (χ2v) is 2.49. The van der Waals surface area contributed by atoms with Gasteiger partial charge in [-0.05, 0) is 17.2 Å². The van der Waals surface area contributed by atoms with Crippen LogP contribution in [-0.2, 0) is 6.61 Å². The summed E-state index contributed by atoms with van der Waals surface area (Å²) < 4.78 is 0. The molecular weight excluding hydrogens is 152 g/mol. The molecule has 0 saturated carbocycles. The molecule has 2 N–H and O–H groups in total. The van der Waals surface area contributed by atoms with Gasteiger partial charge in [0.1, 0.15) is 0 Å². The molecule has 1 aromatic rings. The molecule has 0 aliphatic carbocycles. The molecule has 64 valence electrons. The highest BCUT2D eigenvalue weighted by Crippen LogP contribution is 2.06. The molecule has 2 nitrogen and oxygen atoms in total. The van der Waals surface area contributed by atoms with Crippen molar-refractivity contribution in [1.82, 2.24) is 0 Å². The lowest BCUT2D eigenvalue weighted by Gasteiger charge is -1.96. The van der Waals surface area contributed by atoms with Gasteiger partial charge in [0.15, 0.2) is 0 Å². The molecule has 0 aliphatic heterocycles. The van der Waals surface area contributed by atoms with Gasteiger partial charge in [-0.25, -0.2) is 0 Å². The molecule has 0 fully saturated rings. The maximum absolute atomic E-state index is 8.81. The van der Waals surface area contributed by atoms with Crippen LogP contribution in [0, 0.1) is 0 Å². The highest BCUT2D eigenvalue weighted by Gasteiger charge is 1.89. The van der Waals surface area contributed by atoms with E-state index in [0.29, 0.717) is 0 Å². The third kappa shape index (κ3) is 2.49. The highest BCUT2D eigenvalue weighted by atomic mass is 16.3. The molecule has 0 spiro atoms. The first-order valence-corrected chi connectivity index (χ1v) is 3.84. The highest BCUT2D eigenvalue weighted by molar-refractivity contribution is 5.50. The van der Waals surface area contributed by atoms with Crippen LogP contribution < -0.4 is 0 Å². The minimum absolute atomic E-state index is 0.0450. The Morgan fingerprint density at radius 1 is 1.25 bits per heavy atom. The largest absolute Gasteiger partial charge is 0.392 e. The first-order valence-electron chi connectivity index (χ1n) is 3.84. The molecule has 0 atom stereocenters. The third-order valence-electron chi connectivity index (χ3n) is 1.55. The van der Waals surface area contributed by atoms with Gasteiger partial charge in [-0.2, -0.15) is 0 Å². The van der Waals surface area contributed by atoms with Gasteiger partial charge in [0.2, 0.25) is 0 Å². The van der Waals surface area contributed by atoms with Crippen LogP contribution in [0.3, 0.4) is 0 Å². The zero-order valence-corrected chi connectivity index (χ0v) is 6.77. The Kier molecular flexibility index (Phi) is 3.51. The molecule has 0 aromatic heterocycles. The molecule has 0 heterocycles. The summed E-state index contributed by atoms with van der Waals surface area (Å²) in [5.41, 5.74) is 1.88. The summed E-state index contributed by atoms with van der Waals surface area (Å²) in [5, 5.41) is 17.3. The number of benzene rings is 1. The third-order valence-corrected chi connectivity index (χ3v) is 1.55. The van der Waals surface area contributed by atoms with Gasteiger partial charge >= 0.3 is 0 Å². The van der Waals surface area contributed by atoms with Gasteiger partial charge in [0.25, 0.3) is 0 Å². The van der Waals surface area contributed by atoms with Crippen LogP contribution in [0.5, 0.6) is 0 Å². The van der Waals surface area contributed by atoms with Crippen LogP contribution in [0.25, 0.3) is 6.08 Å². The number of aliphatic hydroxyl groups is 2. The summed E-state index contributed by atoms with van der Waals surface area (Å²) in [4.78, 5) is 0. The van der Waals surface area contributed by atoms with E-state index in [1.165, 1.54) is 0 Å². The van der Waals surface area contributed by atoms with E-state index in [1.807, 2.05) is 30.3 Å². The SMILES string of the molecule is OCC=Cc1cccc(CO)c1. The molecule has 0 unspecified atom stereocenters. The van der Waals surface area contributed by atoms with E-state index >= 15 is 0 Å². The number of aliphatic hydroxyl groups excluding tert-OH is 2. The number of hydrogen-bond acceptors (Lipinski definition) is 2. The van der Waals surface area contributed by atoms with Crippen molar-refractivity contribution in [3.63, 3.8) is 0 Å². The van der Waals surface area contributed by atoms with Crippen LogP contribution >= 0.6 is 0 Å². The second kappa shape index (κ2) is 4.70. The van der Waals surface area contributed by atoms with Gasteiger partial charge in [-0.15, -0.1) is 0 Å². The van der Waals surface area contributed by atoms with E-state index in [0.717, 1.165) is 11.1 Å². The predicted molar refractivity (Wildman–Crippen MR) is 48.5 cm³/mol. The summed E-state index contributed by atoms with van der Waals surface area (Å²) in [6.07, 6.45) is 3.48. The lowest BCUT2D eigenvalue weighted by Crippen LogP contribution is -1.83. The lowest BCUT2D eigenvalue weighted by molar-refractivity contribution is 0.282. The Hall–Kier alpha value is -1.12. The van der Waals surface area contributed by atoms with E-state index in [1.54, 1.807) is 6.08 Å². The van der Waals surface area contributed by atoms with Crippen LogP contribution in [0.1, 0.15) is 11.1 Å². The minimum Gasteiger partial charge on any atom is -0.392 e. The second-order valence-electron chi connectivity index (χ2n) is 2.49. The Morgan fingerprint density at radius 3 is 2.75 bits per heavy atom. The van der Waals surface area contributed by atoms with Crippen molar-refractivity contribution >= 4 is 6.08 Å². The van der Waals surface area contributed by atoms with Crippen molar-refractivity contribution in [3.05, 3.63) is 41.5 Å². The monoisotopic (exact) mass is 164 g/mol. The Balaban J connectivity index is 2.79. The Bertz CT molecular complexity index is 266. The molecule has 0 saturated heterocycles. The molecular formula is C10H12O2. The van der Waals surface area contributed by atoms with Gasteiger partial charge in [0.05, 0.1) is 13.2 Å². The fraction of sp³-hybridized carbons (Fsp3) is 0.200. The average molecular weight is 164 g/mol. The van der Waals surface area contributed by atoms with Crippen molar-refractivity contribution in [2.75, 3.05) is 6.61 Å². The molecule has 0 radical (unpaired) electrons. The number of rotatable bonds is 3. The standard InChI is InChI=1S/C10H12O2/c11-6-2-5-9-3-1-4-10(7-9)8-12/h1-5,7,11-12H,6,8H2. The maximum Gasteiger partial charge on any atom is 0.0682 e. The summed E-state index contributed by atoms with van der Waals surface area (Å²) >= 11 is 0. The van der Waals surface area contributed by atoms with Crippen molar-refractivity contribution in [1.29, 1.82) is 0 Å². The van der Waals surface area contributed by atoms with Crippen molar-refractivity contribution in [2.45, 2.75) is 6.61 Å². The van der Waals surface area contributed by atoms with Crippen molar-refractivity contribution < 1.29 is 10.2 Å². The Morgan fingerprint density at radius 2 is 2.08 bits per heavy atom. The van der Waals surface area contributed by atoms with E-state index in [4.69, 9.17) is 10.2 Å². The van der Waals surface area contributed by atoms with Gasteiger partial charge in [-0.3, -0.25) is 0 Å². The van der Waals surface area contributed by atoms with E-state index in [2.05, 4.69) is 0 Å². The molecule has 0 bridgehead atoms. The summed E-state index contributed by atoms with van der Waals surface area (Å²) in [6.45, 7) is 0.101. The van der Waals surface area contributed by atoms with Crippen LogP contribution in [0.2, 0.25) is 0 Å². The summed E-state index contributed by atoms with van der Waals surface area (Å²) in [6, 6.07) is 7.54.